The molecule has 1 aromatic rings. The van der Waals surface area contributed by atoms with Crippen LogP contribution in [0.5, 0.6) is 0 Å². The maximum absolute atomic E-state index is 5.81. The van der Waals surface area contributed by atoms with Gasteiger partial charge in [0.1, 0.15) is 0 Å². The third-order valence-corrected chi connectivity index (χ3v) is 5.07. The minimum absolute atomic E-state index is 0.247. The molecule has 3 rings (SSSR count). The van der Waals surface area contributed by atoms with Gasteiger partial charge in [-0.2, -0.15) is 5.10 Å². The van der Waals surface area contributed by atoms with Crippen LogP contribution in [-0.2, 0) is 0 Å². The number of aromatic nitrogens is 2. The zero-order valence-electron chi connectivity index (χ0n) is 13.5. The van der Waals surface area contributed by atoms with E-state index >= 15 is 0 Å². The van der Waals surface area contributed by atoms with Crippen molar-refractivity contribution in [2.75, 3.05) is 0 Å². The van der Waals surface area contributed by atoms with E-state index in [1.165, 1.54) is 25.7 Å². The van der Waals surface area contributed by atoms with Crippen LogP contribution in [0.2, 0.25) is 5.15 Å². The number of hydrogen-bond acceptors (Lipinski definition) is 3. The maximum atomic E-state index is 5.81. The van der Waals surface area contributed by atoms with Crippen molar-refractivity contribution in [2.24, 2.45) is 11.8 Å². The second kappa shape index (κ2) is 5.20. The van der Waals surface area contributed by atoms with Crippen LogP contribution in [0.15, 0.2) is 12.1 Å². The first kappa shape index (κ1) is 15.2. The van der Waals surface area contributed by atoms with E-state index in [-0.39, 0.29) is 11.1 Å². The highest BCUT2D eigenvalue weighted by molar-refractivity contribution is 6.29. The molecule has 0 aromatic carbocycles. The summed E-state index contributed by atoms with van der Waals surface area (Å²) in [5.74, 6) is 2.21. The summed E-state index contributed by atoms with van der Waals surface area (Å²) in [7, 11) is 0. The van der Waals surface area contributed by atoms with Gasteiger partial charge in [0.05, 0.1) is 5.69 Å². The standard InChI is InChI=1S/C17H26ClN3/c1-16(2)9-11(10-17(3,4)21-16)7-12-8-13(12)14-5-6-15(18)20-19-14/h5-6,11-13,21H,7-10H2,1-4H3/t12?,13-/m1/s1. The molecule has 21 heavy (non-hydrogen) atoms. The Bertz CT molecular complexity index is 493. The summed E-state index contributed by atoms with van der Waals surface area (Å²) < 4.78 is 0. The van der Waals surface area contributed by atoms with E-state index in [2.05, 4.69) is 43.2 Å². The predicted octanol–water partition coefficient (Wildman–Crippen LogP) is 4.18. The van der Waals surface area contributed by atoms with Gasteiger partial charge in [0.15, 0.2) is 5.15 Å². The van der Waals surface area contributed by atoms with Gasteiger partial charge in [-0.1, -0.05) is 11.6 Å². The van der Waals surface area contributed by atoms with Crippen molar-refractivity contribution in [3.8, 4) is 0 Å². The fourth-order valence-corrected chi connectivity index (χ4v) is 4.62. The molecule has 3 nitrogen and oxygen atoms in total. The molecule has 2 atom stereocenters. The summed E-state index contributed by atoms with van der Waals surface area (Å²) in [5, 5.41) is 12.5. The quantitative estimate of drug-likeness (QED) is 0.910. The highest BCUT2D eigenvalue weighted by Gasteiger charge is 2.44. The summed E-state index contributed by atoms with van der Waals surface area (Å²) in [6.45, 7) is 9.32. The van der Waals surface area contributed by atoms with Gasteiger partial charge in [-0.3, -0.25) is 0 Å². The average Bonchev–Trinajstić information content (AvgIpc) is 3.04. The maximum Gasteiger partial charge on any atom is 0.151 e. The van der Waals surface area contributed by atoms with Crippen molar-refractivity contribution in [3.05, 3.63) is 23.0 Å². The van der Waals surface area contributed by atoms with Gasteiger partial charge < -0.3 is 5.32 Å². The van der Waals surface area contributed by atoms with Crippen molar-refractivity contribution >= 4 is 11.6 Å². The fourth-order valence-electron chi connectivity index (χ4n) is 4.52. The first-order valence-electron chi connectivity index (χ1n) is 8.03. The largest absolute Gasteiger partial charge is 0.307 e. The molecule has 0 bridgehead atoms. The molecule has 1 saturated heterocycles. The number of hydrogen-bond donors (Lipinski definition) is 1. The first-order valence-corrected chi connectivity index (χ1v) is 8.40. The molecule has 4 heteroatoms. The highest BCUT2D eigenvalue weighted by atomic mass is 35.5. The third-order valence-electron chi connectivity index (χ3n) is 4.87. The van der Waals surface area contributed by atoms with E-state index in [9.17, 15) is 0 Å². The number of nitrogens with zero attached hydrogens (tertiary/aromatic N) is 2. The summed E-state index contributed by atoms with van der Waals surface area (Å²) in [6.07, 6.45) is 5.13. The van der Waals surface area contributed by atoms with Gasteiger partial charge in [0.25, 0.3) is 0 Å². The second-order valence-electron chi connectivity index (χ2n) is 8.29. The lowest BCUT2D eigenvalue weighted by Crippen LogP contribution is -2.57. The molecule has 116 valence electrons. The zero-order chi connectivity index (χ0) is 15.3. The topological polar surface area (TPSA) is 37.8 Å². The smallest absolute Gasteiger partial charge is 0.151 e. The van der Waals surface area contributed by atoms with Gasteiger partial charge >= 0.3 is 0 Å². The lowest BCUT2D eigenvalue weighted by atomic mass is 9.74. The molecule has 1 N–H and O–H groups in total. The molecule has 1 aliphatic heterocycles. The molecule has 1 aromatic heterocycles. The van der Waals surface area contributed by atoms with Gasteiger partial charge in [-0.15, -0.1) is 5.10 Å². The minimum Gasteiger partial charge on any atom is -0.307 e. The normalized spacial score (nSPS) is 31.1. The molecular formula is C17H26ClN3. The summed E-state index contributed by atoms with van der Waals surface area (Å²) in [5.41, 5.74) is 1.62. The Morgan fingerprint density at radius 2 is 1.81 bits per heavy atom. The van der Waals surface area contributed by atoms with E-state index in [0.29, 0.717) is 11.1 Å². The van der Waals surface area contributed by atoms with Gasteiger partial charge in [0, 0.05) is 17.0 Å². The molecule has 1 unspecified atom stereocenters. The molecule has 0 amide bonds. The van der Waals surface area contributed by atoms with Crippen LogP contribution in [0.3, 0.4) is 0 Å². The molecule has 1 saturated carbocycles. The van der Waals surface area contributed by atoms with Crippen molar-refractivity contribution < 1.29 is 0 Å². The number of piperidine rings is 1. The first-order chi connectivity index (χ1) is 9.74. The van der Waals surface area contributed by atoms with Crippen molar-refractivity contribution in [2.45, 2.75) is 70.4 Å². The molecule has 0 spiro atoms. The number of halogens is 1. The zero-order valence-corrected chi connectivity index (χ0v) is 14.2. The van der Waals surface area contributed by atoms with Crippen LogP contribution in [-0.4, -0.2) is 21.3 Å². The van der Waals surface area contributed by atoms with Crippen LogP contribution in [0.1, 0.15) is 65.0 Å². The Labute approximate surface area is 132 Å². The predicted molar refractivity (Wildman–Crippen MR) is 86.5 cm³/mol. The molecular weight excluding hydrogens is 282 g/mol. The van der Waals surface area contributed by atoms with E-state index in [0.717, 1.165) is 17.5 Å². The SMILES string of the molecule is CC1(C)CC(CC2C[C@H]2c2ccc(Cl)nn2)CC(C)(C)N1. The fraction of sp³-hybridized carbons (Fsp3) is 0.765. The lowest BCUT2D eigenvalue weighted by Gasteiger charge is -2.46. The van der Waals surface area contributed by atoms with Crippen molar-refractivity contribution in [1.82, 2.24) is 15.5 Å². The summed E-state index contributed by atoms with van der Waals surface area (Å²) in [6, 6.07) is 3.90. The van der Waals surface area contributed by atoms with Crippen LogP contribution in [0.25, 0.3) is 0 Å². The van der Waals surface area contributed by atoms with Gasteiger partial charge in [-0.25, -0.2) is 0 Å². The Morgan fingerprint density at radius 3 is 2.38 bits per heavy atom. The number of rotatable bonds is 3. The molecule has 1 aliphatic carbocycles. The molecule has 2 heterocycles. The molecule has 0 radical (unpaired) electrons. The van der Waals surface area contributed by atoms with Crippen LogP contribution in [0, 0.1) is 11.8 Å². The van der Waals surface area contributed by atoms with Gasteiger partial charge in [-0.05, 0) is 77.3 Å². The Hall–Kier alpha value is -0.670. The van der Waals surface area contributed by atoms with Crippen LogP contribution in [0.4, 0.5) is 0 Å². The Balaban J connectivity index is 1.60. The van der Waals surface area contributed by atoms with E-state index in [4.69, 9.17) is 11.6 Å². The van der Waals surface area contributed by atoms with Gasteiger partial charge in [0.2, 0.25) is 0 Å². The minimum atomic E-state index is 0.247. The Kier molecular flexibility index (Phi) is 3.77. The monoisotopic (exact) mass is 307 g/mol. The average molecular weight is 308 g/mol. The van der Waals surface area contributed by atoms with Crippen LogP contribution >= 0.6 is 11.6 Å². The summed E-state index contributed by atoms with van der Waals surface area (Å²) in [4.78, 5) is 0. The molecule has 2 aliphatic rings. The highest BCUT2D eigenvalue weighted by Crippen LogP contribution is 2.52. The second-order valence-corrected chi connectivity index (χ2v) is 8.67. The van der Waals surface area contributed by atoms with Crippen LogP contribution < -0.4 is 5.32 Å². The lowest BCUT2D eigenvalue weighted by molar-refractivity contribution is 0.120. The Morgan fingerprint density at radius 1 is 1.14 bits per heavy atom. The van der Waals surface area contributed by atoms with E-state index in [1.54, 1.807) is 0 Å². The van der Waals surface area contributed by atoms with E-state index in [1.807, 2.05) is 12.1 Å². The van der Waals surface area contributed by atoms with Crippen molar-refractivity contribution in [1.29, 1.82) is 0 Å². The third kappa shape index (κ3) is 3.75. The van der Waals surface area contributed by atoms with E-state index < -0.39 is 0 Å². The van der Waals surface area contributed by atoms with Crippen molar-refractivity contribution in [3.63, 3.8) is 0 Å². The molecule has 2 fully saturated rings. The summed E-state index contributed by atoms with van der Waals surface area (Å²) >= 11 is 5.81. The number of nitrogens with one attached hydrogen (secondary N) is 1.